The second-order valence-corrected chi connectivity index (χ2v) is 8.91. The number of hydrogen-bond acceptors (Lipinski definition) is 4. The van der Waals surface area contributed by atoms with Crippen LogP contribution in [0.4, 0.5) is 10.5 Å². The van der Waals surface area contributed by atoms with Crippen molar-refractivity contribution in [1.29, 1.82) is 0 Å². The van der Waals surface area contributed by atoms with Crippen LogP contribution < -0.4 is 10.6 Å². The number of rotatable bonds is 4. The third kappa shape index (κ3) is 3.91. The van der Waals surface area contributed by atoms with Gasteiger partial charge >= 0.3 is 6.09 Å². The summed E-state index contributed by atoms with van der Waals surface area (Å²) < 4.78 is 5.84. The van der Waals surface area contributed by atoms with Gasteiger partial charge in [0.1, 0.15) is 6.61 Å². The van der Waals surface area contributed by atoms with Gasteiger partial charge in [-0.15, -0.1) is 6.42 Å². The Morgan fingerprint density at radius 3 is 2.24 bits per heavy atom. The molecule has 34 heavy (non-hydrogen) atoms. The maximum absolute atomic E-state index is 12.9. The van der Waals surface area contributed by atoms with E-state index in [4.69, 9.17) is 16.9 Å². The summed E-state index contributed by atoms with van der Waals surface area (Å²) in [6.45, 7) is 5.54. The molecule has 5 rings (SSSR count). The number of terminal acetylenes is 1. The van der Waals surface area contributed by atoms with Crippen molar-refractivity contribution in [1.82, 2.24) is 4.90 Å². The number of amides is 1. The minimum absolute atomic E-state index is 0.0708. The van der Waals surface area contributed by atoms with Gasteiger partial charge in [0.15, 0.2) is 0 Å². The first kappa shape index (κ1) is 22.1. The SMILES string of the molecule is C#Cc1cc(CN)c(C)c(N2CCN(C(=O)OCC3c4ccccc4-c4ccccc43)CC2)c1. The highest BCUT2D eigenvalue weighted by atomic mass is 16.6. The van der Waals surface area contributed by atoms with Crippen molar-refractivity contribution in [3.8, 4) is 23.5 Å². The maximum Gasteiger partial charge on any atom is 0.409 e. The van der Waals surface area contributed by atoms with Crippen LogP contribution >= 0.6 is 0 Å². The van der Waals surface area contributed by atoms with Crippen molar-refractivity contribution in [2.75, 3.05) is 37.7 Å². The Hall–Kier alpha value is -3.75. The van der Waals surface area contributed by atoms with Crippen LogP contribution in [0.2, 0.25) is 0 Å². The summed E-state index contributed by atoms with van der Waals surface area (Å²) in [5.41, 5.74) is 15.0. The number of carbonyl (C=O) groups is 1. The second kappa shape index (κ2) is 9.24. The molecular formula is C29H29N3O2. The van der Waals surface area contributed by atoms with Crippen LogP contribution in [0.5, 0.6) is 0 Å². The molecule has 1 saturated heterocycles. The van der Waals surface area contributed by atoms with E-state index in [1.165, 1.54) is 22.3 Å². The van der Waals surface area contributed by atoms with Crippen molar-refractivity contribution in [2.24, 2.45) is 5.73 Å². The van der Waals surface area contributed by atoms with Crippen LogP contribution in [0.3, 0.4) is 0 Å². The number of nitrogens with zero attached hydrogens (tertiary/aromatic N) is 2. The van der Waals surface area contributed by atoms with Crippen LogP contribution in [-0.2, 0) is 11.3 Å². The van der Waals surface area contributed by atoms with Crippen molar-refractivity contribution < 1.29 is 9.53 Å². The lowest BCUT2D eigenvalue weighted by Gasteiger charge is -2.36. The van der Waals surface area contributed by atoms with Gasteiger partial charge in [-0.1, -0.05) is 54.5 Å². The summed E-state index contributed by atoms with van der Waals surface area (Å²) >= 11 is 0. The van der Waals surface area contributed by atoms with Crippen LogP contribution in [-0.4, -0.2) is 43.8 Å². The van der Waals surface area contributed by atoms with E-state index in [1.54, 1.807) is 4.90 Å². The second-order valence-electron chi connectivity index (χ2n) is 8.91. The van der Waals surface area contributed by atoms with Crippen molar-refractivity contribution >= 4 is 11.8 Å². The summed E-state index contributed by atoms with van der Waals surface area (Å²) in [7, 11) is 0. The minimum Gasteiger partial charge on any atom is -0.448 e. The molecule has 0 spiro atoms. The summed E-state index contributed by atoms with van der Waals surface area (Å²) in [5, 5.41) is 0. The summed E-state index contributed by atoms with van der Waals surface area (Å²) in [4.78, 5) is 17.0. The van der Waals surface area contributed by atoms with Gasteiger partial charge in [-0.25, -0.2) is 4.79 Å². The summed E-state index contributed by atoms with van der Waals surface area (Å²) in [6, 6.07) is 20.8. The first-order valence-electron chi connectivity index (χ1n) is 11.8. The third-order valence-electron chi connectivity index (χ3n) is 7.09. The molecule has 1 fully saturated rings. The molecule has 3 aromatic carbocycles. The molecule has 0 saturated carbocycles. The molecule has 0 radical (unpaired) electrons. The highest BCUT2D eigenvalue weighted by Gasteiger charge is 2.30. The smallest absolute Gasteiger partial charge is 0.409 e. The lowest BCUT2D eigenvalue weighted by atomic mass is 9.98. The van der Waals surface area contributed by atoms with Crippen molar-refractivity contribution in [3.63, 3.8) is 0 Å². The normalized spacial score (nSPS) is 15.0. The number of nitrogens with two attached hydrogens (primary N) is 1. The first-order valence-corrected chi connectivity index (χ1v) is 11.8. The average molecular weight is 452 g/mol. The lowest BCUT2D eigenvalue weighted by Crippen LogP contribution is -2.49. The van der Waals surface area contributed by atoms with Crippen molar-refractivity contribution in [2.45, 2.75) is 19.4 Å². The van der Waals surface area contributed by atoms with Crippen LogP contribution in [0.1, 0.15) is 33.7 Å². The quantitative estimate of drug-likeness (QED) is 0.593. The molecule has 0 atom stereocenters. The lowest BCUT2D eigenvalue weighted by molar-refractivity contribution is 0.0977. The fraction of sp³-hybridized carbons (Fsp3) is 0.276. The standard InChI is InChI=1S/C29H29N3O2/c1-3-21-16-22(18-30)20(2)28(17-21)31-12-14-32(15-13-31)29(33)34-19-27-25-10-6-4-8-23(25)24-9-5-7-11-26(24)27/h1,4-11,16-17,27H,12-15,18-19,30H2,2H3. The van der Waals surface area contributed by atoms with Gasteiger partial charge < -0.3 is 20.3 Å². The number of hydrogen-bond donors (Lipinski definition) is 1. The molecule has 1 aliphatic heterocycles. The van der Waals surface area contributed by atoms with Gasteiger partial charge in [-0.2, -0.15) is 0 Å². The maximum atomic E-state index is 12.9. The molecule has 0 bridgehead atoms. The molecule has 1 amide bonds. The van der Waals surface area contributed by atoms with E-state index in [-0.39, 0.29) is 12.0 Å². The van der Waals surface area contributed by atoms with Gasteiger partial charge in [0.2, 0.25) is 0 Å². The van der Waals surface area contributed by atoms with Gasteiger partial charge in [-0.05, 0) is 52.4 Å². The molecule has 1 aliphatic carbocycles. The highest BCUT2D eigenvalue weighted by Crippen LogP contribution is 2.44. The predicted molar refractivity (Wildman–Crippen MR) is 136 cm³/mol. The molecule has 0 unspecified atom stereocenters. The Labute approximate surface area is 201 Å². The van der Waals surface area contributed by atoms with E-state index in [9.17, 15) is 4.79 Å². The van der Waals surface area contributed by atoms with Crippen molar-refractivity contribution in [3.05, 3.63) is 88.5 Å². The van der Waals surface area contributed by atoms with Crippen LogP contribution in [0, 0.1) is 19.3 Å². The van der Waals surface area contributed by atoms with E-state index >= 15 is 0 Å². The van der Waals surface area contributed by atoms with Crippen LogP contribution in [0.15, 0.2) is 60.7 Å². The molecule has 5 nitrogen and oxygen atoms in total. The summed E-state index contributed by atoms with van der Waals surface area (Å²) in [5.74, 6) is 2.80. The molecule has 2 aliphatic rings. The number of piperazine rings is 1. The van der Waals surface area contributed by atoms with Gasteiger partial charge in [0.05, 0.1) is 0 Å². The molecular weight excluding hydrogens is 422 g/mol. The number of anilines is 1. The van der Waals surface area contributed by atoms with Gasteiger partial charge in [-0.3, -0.25) is 0 Å². The Morgan fingerprint density at radius 1 is 1.03 bits per heavy atom. The molecule has 3 aromatic rings. The number of carbonyl (C=O) groups excluding carboxylic acids is 1. The monoisotopic (exact) mass is 451 g/mol. The fourth-order valence-corrected chi connectivity index (χ4v) is 5.20. The third-order valence-corrected chi connectivity index (χ3v) is 7.09. The predicted octanol–water partition coefficient (Wildman–Crippen LogP) is 4.51. The zero-order valence-corrected chi connectivity index (χ0v) is 19.5. The summed E-state index contributed by atoms with van der Waals surface area (Å²) in [6.07, 6.45) is 5.40. The molecule has 172 valence electrons. The van der Waals surface area contributed by atoms with Gasteiger partial charge in [0.25, 0.3) is 0 Å². The fourth-order valence-electron chi connectivity index (χ4n) is 5.20. The van der Waals surface area contributed by atoms with E-state index in [0.29, 0.717) is 26.2 Å². The Bertz CT molecular complexity index is 1220. The minimum atomic E-state index is -0.252. The van der Waals surface area contributed by atoms with E-state index in [2.05, 4.69) is 54.1 Å². The molecule has 5 heteroatoms. The van der Waals surface area contributed by atoms with Crippen LogP contribution in [0.25, 0.3) is 11.1 Å². The Balaban J connectivity index is 1.24. The molecule has 0 aromatic heterocycles. The number of benzene rings is 3. The van der Waals surface area contributed by atoms with Gasteiger partial charge in [0, 0.05) is 49.9 Å². The topological polar surface area (TPSA) is 58.8 Å². The number of ether oxygens (including phenoxy) is 1. The largest absolute Gasteiger partial charge is 0.448 e. The van der Waals surface area contributed by atoms with E-state index in [1.807, 2.05) is 24.3 Å². The molecule has 2 N–H and O–H groups in total. The highest BCUT2D eigenvalue weighted by molar-refractivity contribution is 5.79. The van der Waals surface area contributed by atoms with E-state index in [0.717, 1.165) is 35.5 Å². The molecule has 1 heterocycles. The Morgan fingerprint density at radius 2 is 1.65 bits per heavy atom. The zero-order valence-electron chi connectivity index (χ0n) is 19.5. The zero-order chi connectivity index (χ0) is 23.7. The Kier molecular flexibility index (Phi) is 6.00. The number of fused-ring (bicyclic) bond motifs is 3. The van der Waals surface area contributed by atoms with E-state index < -0.39 is 0 Å². The average Bonchev–Trinajstić information content (AvgIpc) is 3.21. The first-order chi connectivity index (χ1) is 16.6.